The first-order valence-electron chi connectivity index (χ1n) is 6.11. The van der Waals surface area contributed by atoms with Crippen LogP contribution >= 0.6 is 0 Å². The number of aromatic amines is 1. The highest BCUT2D eigenvalue weighted by atomic mass is 16.3. The summed E-state index contributed by atoms with van der Waals surface area (Å²) in [4.78, 5) is 27.2. The Kier molecular flexibility index (Phi) is 2.68. The minimum Gasteiger partial charge on any atom is -0.508 e. The molecule has 0 saturated heterocycles. The molecule has 0 bridgehead atoms. The molecule has 3 rings (SSSR count). The van der Waals surface area contributed by atoms with Gasteiger partial charge >= 0.3 is 5.69 Å². The molecular formula is C15H12N2O3. The highest BCUT2D eigenvalue weighted by Crippen LogP contribution is 2.13. The Morgan fingerprint density at radius 3 is 2.45 bits per heavy atom. The van der Waals surface area contributed by atoms with Crippen LogP contribution in [0, 0.1) is 6.92 Å². The Bertz CT molecular complexity index is 905. The number of phenols is 1. The largest absolute Gasteiger partial charge is 0.508 e. The van der Waals surface area contributed by atoms with Gasteiger partial charge in [0.25, 0.3) is 5.56 Å². The lowest BCUT2D eigenvalue weighted by atomic mass is 10.1. The van der Waals surface area contributed by atoms with E-state index in [4.69, 9.17) is 0 Å². The van der Waals surface area contributed by atoms with Gasteiger partial charge in [0.15, 0.2) is 0 Å². The average Bonchev–Trinajstić information content (AvgIpc) is 2.42. The minimum atomic E-state index is -0.503. The van der Waals surface area contributed by atoms with Crippen LogP contribution in [0.3, 0.4) is 0 Å². The normalized spacial score (nSPS) is 10.8. The number of rotatable bonds is 1. The second-order valence-electron chi connectivity index (χ2n) is 4.64. The predicted octanol–water partition coefficient (Wildman–Crippen LogP) is 1.69. The minimum absolute atomic E-state index is 0.0786. The first-order valence-corrected chi connectivity index (χ1v) is 6.11. The van der Waals surface area contributed by atoms with Gasteiger partial charge in [0, 0.05) is 0 Å². The van der Waals surface area contributed by atoms with E-state index in [2.05, 4.69) is 4.98 Å². The van der Waals surface area contributed by atoms with Crippen molar-refractivity contribution in [3.8, 4) is 11.4 Å². The number of benzene rings is 2. The number of aromatic nitrogens is 2. The van der Waals surface area contributed by atoms with Crippen molar-refractivity contribution in [3.05, 3.63) is 68.9 Å². The number of fused-ring (bicyclic) bond motifs is 1. The van der Waals surface area contributed by atoms with Crippen LogP contribution < -0.4 is 11.2 Å². The van der Waals surface area contributed by atoms with E-state index in [1.807, 2.05) is 13.0 Å². The predicted molar refractivity (Wildman–Crippen MR) is 76.6 cm³/mol. The summed E-state index contributed by atoms with van der Waals surface area (Å²) < 4.78 is 1.06. The lowest BCUT2D eigenvalue weighted by Gasteiger charge is -2.07. The van der Waals surface area contributed by atoms with Crippen molar-refractivity contribution in [2.45, 2.75) is 6.92 Å². The van der Waals surface area contributed by atoms with E-state index in [1.165, 1.54) is 24.3 Å². The molecule has 0 unspecified atom stereocenters. The van der Waals surface area contributed by atoms with Gasteiger partial charge in [-0.25, -0.2) is 9.36 Å². The zero-order valence-electron chi connectivity index (χ0n) is 10.8. The van der Waals surface area contributed by atoms with Crippen LogP contribution in [0.2, 0.25) is 0 Å². The molecule has 2 aromatic carbocycles. The lowest BCUT2D eigenvalue weighted by Crippen LogP contribution is -2.33. The third-order valence-corrected chi connectivity index (χ3v) is 3.16. The molecule has 2 N–H and O–H groups in total. The van der Waals surface area contributed by atoms with Crippen LogP contribution in [0.15, 0.2) is 52.1 Å². The van der Waals surface area contributed by atoms with E-state index >= 15 is 0 Å². The van der Waals surface area contributed by atoms with Gasteiger partial charge in [0.1, 0.15) is 5.75 Å². The maximum atomic E-state index is 12.5. The van der Waals surface area contributed by atoms with Crippen LogP contribution in [0.25, 0.3) is 16.6 Å². The fourth-order valence-electron chi connectivity index (χ4n) is 2.16. The van der Waals surface area contributed by atoms with Crippen molar-refractivity contribution in [1.29, 1.82) is 0 Å². The third-order valence-electron chi connectivity index (χ3n) is 3.16. The van der Waals surface area contributed by atoms with Gasteiger partial charge < -0.3 is 10.1 Å². The van der Waals surface area contributed by atoms with Crippen molar-refractivity contribution in [2.24, 2.45) is 0 Å². The molecule has 0 atom stereocenters. The molecule has 3 aromatic rings. The summed E-state index contributed by atoms with van der Waals surface area (Å²) in [6.45, 7) is 1.88. The van der Waals surface area contributed by atoms with Gasteiger partial charge in [0.05, 0.1) is 16.6 Å². The maximum Gasteiger partial charge on any atom is 0.333 e. The van der Waals surface area contributed by atoms with Gasteiger partial charge in [-0.3, -0.25) is 4.79 Å². The van der Waals surface area contributed by atoms with Crippen LogP contribution in [0.1, 0.15) is 5.56 Å². The van der Waals surface area contributed by atoms with Crippen LogP contribution in [-0.4, -0.2) is 14.7 Å². The Morgan fingerprint density at radius 2 is 1.75 bits per heavy atom. The number of nitrogens with one attached hydrogen (secondary N) is 1. The summed E-state index contributed by atoms with van der Waals surface area (Å²) in [6, 6.07) is 11.2. The third kappa shape index (κ3) is 1.89. The first kappa shape index (κ1) is 12.2. The summed E-state index contributed by atoms with van der Waals surface area (Å²) in [5.74, 6) is 0.0786. The average molecular weight is 268 g/mol. The molecule has 0 fully saturated rings. The van der Waals surface area contributed by atoms with E-state index in [0.29, 0.717) is 16.6 Å². The van der Waals surface area contributed by atoms with Crippen molar-refractivity contribution in [1.82, 2.24) is 9.55 Å². The smallest absolute Gasteiger partial charge is 0.333 e. The summed E-state index contributed by atoms with van der Waals surface area (Å²) in [7, 11) is 0. The number of hydrogen-bond donors (Lipinski definition) is 2. The topological polar surface area (TPSA) is 75.1 Å². The first-order chi connectivity index (χ1) is 9.56. The Balaban J connectivity index is 2.39. The molecule has 100 valence electrons. The van der Waals surface area contributed by atoms with Gasteiger partial charge in [-0.1, -0.05) is 11.6 Å². The van der Waals surface area contributed by atoms with Gasteiger partial charge in [0.2, 0.25) is 0 Å². The van der Waals surface area contributed by atoms with E-state index in [1.54, 1.807) is 12.1 Å². The fraction of sp³-hybridized carbons (Fsp3) is 0.0667. The molecule has 0 spiro atoms. The molecule has 0 saturated carbocycles. The molecule has 0 amide bonds. The number of hydrogen-bond acceptors (Lipinski definition) is 3. The quantitative estimate of drug-likeness (QED) is 0.705. The fourth-order valence-corrected chi connectivity index (χ4v) is 2.16. The van der Waals surface area contributed by atoms with E-state index < -0.39 is 5.69 Å². The standard InChI is InChI=1S/C15H12N2O3/c1-9-2-7-13-12(8-9)14(19)17(15(20)16-13)10-3-5-11(18)6-4-10/h2-8,18H,1H3,(H,16,20). The zero-order valence-corrected chi connectivity index (χ0v) is 10.8. The molecule has 1 aromatic heterocycles. The van der Waals surface area contributed by atoms with Gasteiger partial charge in [-0.15, -0.1) is 0 Å². The summed E-state index contributed by atoms with van der Waals surface area (Å²) in [6.07, 6.45) is 0. The van der Waals surface area contributed by atoms with Crippen LogP contribution in [0.5, 0.6) is 5.75 Å². The summed E-state index contributed by atoms with van der Waals surface area (Å²) in [5.41, 5.74) is 0.993. The molecule has 0 radical (unpaired) electrons. The number of nitrogens with zero attached hydrogens (tertiary/aromatic N) is 1. The van der Waals surface area contributed by atoms with Gasteiger partial charge in [-0.05, 0) is 43.3 Å². The molecule has 5 heteroatoms. The van der Waals surface area contributed by atoms with Crippen molar-refractivity contribution < 1.29 is 5.11 Å². The van der Waals surface area contributed by atoms with E-state index in [-0.39, 0.29) is 11.3 Å². The molecule has 0 aliphatic heterocycles. The highest BCUT2D eigenvalue weighted by Gasteiger charge is 2.09. The number of H-pyrrole nitrogens is 1. The van der Waals surface area contributed by atoms with Gasteiger partial charge in [-0.2, -0.15) is 0 Å². The van der Waals surface area contributed by atoms with Crippen LogP contribution in [0.4, 0.5) is 0 Å². The molecule has 20 heavy (non-hydrogen) atoms. The Hall–Kier alpha value is -2.82. The summed E-state index contributed by atoms with van der Waals surface area (Å²) >= 11 is 0. The molecule has 5 nitrogen and oxygen atoms in total. The van der Waals surface area contributed by atoms with Crippen molar-refractivity contribution in [3.63, 3.8) is 0 Å². The molecule has 0 aliphatic rings. The van der Waals surface area contributed by atoms with Crippen molar-refractivity contribution in [2.75, 3.05) is 0 Å². The SMILES string of the molecule is Cc1ccc2[nH]c(=O)n(-c3ccc(O)cc3)c(=O)c2c1. The Labute approximate surface area is 113 Å². The second-order valence-corrected chi connectivity index (χ2v) is 4.64. The number of aryl methyl sites for hydroxylation is 1. The van der Waals surface area contributed by atoms with E-state index in [9.17, 15) is 14.7 Å². The highest BCUT2D eigenvalue weighted by molar-refractivity contribution is 5.78. The number of phenolic OH excluding ortho intramolecular Hbond substituents is 1. The van der Waals surface area contributed by atoms with E-state index in [0.717, 1.165) is 10.1 Å². The van der Waals surface area contributed by atoms with Crippen LogP contribution in [-0.2, 0) is 0 Å². The molecular weight excluding hydrogens is 256 g/mol. The lowest BCUT2D eigenvalue weighted by molar-refractivity contribution is 0.475. The Morgan fingerprint density at radius 1 is 1.05 bits per heavy atom. The maximum absolute atomic E-state index is 12.5. The van der Waals surface area contributed by atoms with Crippen molar-refractivity contribution >= 4 is 10.9 Å². The summed E-state index contributed by atoms with van der Waals surface area (Å²) in [5, 5.41) is 9.73. The molecule has 1 heterocycles. The second kappa shape index (κ2) is 4.38. The molecule has 0 aliphatic carbocycles. The number of aromatic hydroxyl groups is 1. The zero-order chi connectivity index (χ0) is 14.3. The monoisotopic (exact) mass is 268 g/mol.